The molecule has 2 saturated heterocycles. The number of ether oxygens (including phenoxy) is 1. The van der Waals surface area contributed by atoms with Gasteiger partial charge in [0, 0.05) is 26.7 Å². The van der Waals surface area contributed by atoms with Crippen LogP contribution in [-0.2, 0) is 22.6 Å². The summed E-state index contributed by atoms with van der Waals surface area (Å²) in [6.45, 7) is 2.73. The molecule has 1 atom stereocenters. The molecular formula is C21H27FN4O3. The van der Waals surface area contributed by atoms with Gasteiger partial charge in [-0.25, -0.2) is 4.39 Å². The van der Waals surface area contributed by atoms with E-state index in [1.54, 1.807) is 19.2 Å². The van der Waals surface area contributed by atoms with E-state index in [1.807, 2.05) is 4.90 Å². The molecular weight excluding hydrogens is 375 g/mol. The highest BCUT2D eigenvalue weighted by atomic mass is 19.1. The van der Waals surface area contributed by atoms with Crippen LogP contribution in [0.25, 0.3) is 0 Å². The van der Waals surface area contributed by atoms with Gasteiger partial charge in [0.25, 0.3) is 0 Å². The van der Waals surface area contributed by atoms with Gasteiger partial charge in [-0.3, -0.25) is 9.69 Å². The van der Waals surface area contributed by atoms with Gasteiger partial charge in [0.2, 0.25) is 17.7 Å². The maximum atomic E-state index is 13.4. The summed E-state index contributed by atoms with van der Waals surface area (Å²) in [5.74, 6) is 0.896. The van der Waals surface area contributed by atoms with Crippen molar-refractivity contribution in [2.75, 3.05) is 33.8 Å². The number of rotatable bonds is 5. The van der Waals surface area contributed by atoms with Crippen LogP contribution >= 0.6 is 0 Å². The highest BCUT2D eigenvalue weighted by molar-refractivity contribution is 5.78. The van der Waals surface area contributed by atoms with Crippen molar-refractivity contribution in [1.29, 1.82) is 0 Å². The molecule has 3 heterocycles. The van der Waals surface area contributed by atoms with E-state index in [4.69, 9.17) is 9.15 Å². The normalized spacial score (nSPS) is 21.8. The summed E-state index contributed by atoms with van der Waals surface area (Å²) >= 11 is 0. The summed E-state index contributed by atoms with van der Waals surface area (Å²) in [4.78, 5) is 16.8. The number of nitrogens with zero attached hydrogens (tertiary/aromatic N) is 4. The molecule has 2 aromatic rings. The molecule has 2 aliphatic rings. The van der Waals surface area contributed by atoms with Crippen LogP contribution in [-0.4, -0.2) is 59.7 Å². The second-order valence-corrected chi connectivity index (χ2v) is 8.29. The lowest BCUT2D eigenvalue weighted by Crippen LogP contribution is -2.44. The zero-order valence-electron chi connectivity index (χ0n) is 16.9. The monoisotopic (exact) mass is 402 g/mol. The largest absolute Gasteiger partial charge is 0.421 e. The third-order valence-corrected chi connectivity index (χ3v) is 6.20. The first-order chi connectivity index (χ1) is 14.0. The van der Waals surface area contributed by atoms with Gasteiger partial charge in [-0.1, -0.05) is 12.1 Å². The molecule has 2 aliphatic heterocycles. The minimum absolute atomic E-state index is 0.0643. The van der Waals surface area contributed by atoms with Gasteiger partial charge < -0.3 is 14.1 Å². The topological polar surface area (TPSA) is 71.7 Å². The lowest BCUT2D eigenvalue weighted by Gasteiger charge is -2.39. The number of aromatic nitrogens is 2. The number of hydrogen-bond donors (Lipinski definition) is 0. The van der Waals surface area contributed by atoms with Crippen molar-refractivity contribution in [2.45, 2.75) is 38.3 Å². The van der Waals surface area contributed by atoms with E-state index in [0.717, 1.165) is 44.5 Å². The molecule has 4 rings (SSSR count). The Hall–Kier alpha value is -2.32. The van der Waals surface area contributed by atoms with Crippen LogP contribution in [0.4, 0.5) is 4.39 Å². The number of benzene rings is 1. The first-order valence-corrected chi connectivity index (χ1v) is 10.0. The maximum absolute atomic E-state index is 13.4. The second-order valence-electron chi connectivity index (χ2n) is 8.29. The number of amides is 1. The van der Waals surface area contributed by atoms with Crippen molar-refractivity contribution in [3.05, 3.63) is 47.4 Å². The van der Waals surface area contributed by atoms with Gasteiger partial charge in [0.05, 0.1) is 12.5 Å². The van der Waals surface area contributed by atoms with Crippen LogP contribution in [0, 0.1) is 11.2 Å². The molecule has 8 heteroatoms. The molecule has 0 aliphatic carbocycles. The Morgan fingerprint density at radius 3 is 2.86 bits per heavy atom. The van der Waals surface area contributed by atoms with E-state index >= 15 is 0 Å². The quantitative estimate of drug-likeness (QED) is 0.766. The van der Waals surface area contributed by atoms with Crippen molar-refractivity contribution < 1.29 is 18.3 Å². The molecule has 156 valence electrons. The Kier molecular flexibility index (Phi) is 5.65. The van der Waals surface area contributed by atoms with E-state index in [1.165, 1.54) is 12.1 Å². The Balaban J connectivity index is 1.35. The predicted octanol–water partition coefficient (Wildman–Crippen LogP) is 2.58. The third-order valence-electron chi connectivity index (χ3n) is 6.20. The van der Waals surface area contributed by atoms with Gasteiger partial charge in [-0.2, -0.15) is 0 Å². The first kappa shape index (κ1) is 20.0. The van der Waals surface area contributed by atoms with Crippen LogP contribution in [0.1, 0.15) is 42.6 Å². The molecule has 0 bridgehead atoms. The van der Waals surface area contributed by atoms with Crippen LogP contribution < -0.4 is 0 Å². The van der Waals surface area contributed by atoms with E-state index in [0.29, 0.717) is 18.4 Å². The maximum Gasteiger partial charge on any atom is 0.242 e. The summed E-state index contributed by atoms with van der Waals surface area (Å²) in [6.07, 6.45) is 3.09. The van der Waals surface area contributed by atoms with E-state index < -0.39 is 0 Å². The fourth-order valence-electron chi connectivity index (χ4n) is 4.65. The average molecular weight is 402 g/mol. The lowest BCUT2D eigenvalue weighted by atomic mass is 9.76. The molecule has 2 fully saturated rings. The molecule has 1 amide bonds. The standard InChI is InChI=1S/C21H27FN4O3/c1-25-14-21(12-17(25)20-24-23-18(29-20)13-28-2)6-8-26(9-7-21)19(27)11-15-4-3-5-16(22)10-15/h3-5,10,17H,6-9,11-14H2,1-2H3. The van der Waals surface area contributed by atoms with Crippen molar-refractivity contribution in [2.24, 2.45) is 5.41 Å². The molecule has 1 unspecified atom stereocenters. The van der Waals surface area contributed by atoms with Crippen LogP contribution in [0.2, 0.25) is 0 Å². The number of hydrogen-bond acceptors (Lipinski definition) is 6. The van der Waals surface area contributed by atoms with Crippen LogP contribution in [0.15, 0.2) is 28.7 Å². The van der Waals surface area contributed by atoms with Crippen LogP contribution in [0.3, 0.4) is 0 Å². The first-order valence-electron chi connectivity index (χ1n) is 10.0. The highest BCUT2D eigenvalue weighted by Crippen LogP contribution is 2.48. The van der Waals surface area contributed by atoms with Gasteiger partial charge >= 0.3 is 0 Å². The zero-order chi connectivity index (χ0) is 20.4. The lowest BCUT2D eigenvalue weighted by molar-refractivity contribution is -0.132. The smallest absolute Gasteiger partial charge is 0.242 e. The van der Waals surface area contributed by atoms with Crippen molar-refractivity contribution in [3.8, 4) is 0 Å². The summed E-state index contributed by atoms with van der Waals surface area (Å²) in [6, 6.07) is 6.37. The molecule has 7 nitrogen and oxygen atoms in total. The Labute approximate surface area is 169 Å². The van der Waals surface area contributed by atoms with Gasteiger partial charge in [-0.15, -0.1) is 10.2 Å². The number of carbonyl (C=O) groups excluding carboxylic acids is 1. The van der Waals surface area contributed by atoms with Crippen molar-refractivity contribution in [1.82, 2.24) is 20.0 Å². The van der Waals surface area contributed by atoms with Gasteiger partial charge in [0.1, 0.15) is 12.4 Å². The van der Waals surface area contributed by atoms with E-state index in [9.17, 15) is 9.18 Å². The molecule has 1 spiro atoms. The summed E-state index contributed by atoms with van der Waals surface area (Å²) in [7, 11) is 3.69. The molecule has 0 radical (unpaired) electrons. The fraction of sp³-hybridized carbons (Fsp3) is 0.571. The molecule has 29 heavy (non-hydrogen) atoms. The Morgan fingerprint density at radius 2 is 2.14 bits per heavy atom. The average Bonchev–Trinajstić information content (AvgIpc) is 3.27. The minimum Gasteiger partial charge on any atom is -0.421 e. The predicted molar refractivity (Wildman–Crippen MR) is 103 cm³/mol. The van der Waals surface area contributed by atoms with Crippen molar-refractivity contribution >= 4 is 5.91 Å². The second kappa shape index (κ2) is 8.20. The van der Waals surface area contributed by atoms with Gasteiger partial charge in [0.15, 0.2) is 0 Å². The van der Waals surface area contributed by atoms with E-state index in [2.05, 4.69) is 22.1 Å². The van der Waals surface area contributed by atoms with Gasteiger partial charge in [-0.05, 0) is 49.4 Å². The molecule has 1 aromatic heterocycles. The molecule has 0 saturated carbocycles. The molecule has 1 aromatic carbocycles. The minimum atomic E-state index is -0.303. The number of carbonyl (C=O) groups is 1. The Morgan fingerprint density at radius 1 is 1.34 bits per heavy atom. The third kappa shape index (κ3) is 4.33. The number of methoxy groups -OCH3 is 1. The molecule has 0 N–H and O–H groups in total. The zero-order valence-corrected chi connectivity index (χ0v) is 16.9. The fourth-order valence-corrected chi connectivity index (χ4v) is 4.65. The summed E-state index contributed by atoms with van der Waals surface area (Å²) in [5.41, 5.74) is 0.879. The number of halogens is 1. The van der Waals surface area contributed by atoms with Crippen LogP contribution in [0.5, 0.6) is 0 Å². The highest BCUT2D eigenvalue weighted by Gasteiger charge is 2.46. The number of piperidine rings is 1. The SMILES string of the molecule is COCc1nnc(C2CC3(CCN(C(=O)Cc4cccc(F)c4)CC3)CN2C)o1. The summed E-state index contributed by atoms with van der Waals surface area (Å²) < 4.78 is 24.2. The van der Waals surface area contributed by atoms with Crippen molar-refractivity contribution in [3.63, 3.8) is 0 Å². The summed E-state index contributed by atoms with van der Waals surface area (Å²) in [5, 5.41) is 8.26. The van der Waals surface area contributed by atoms with E-state index in [-0.39, 0.29) is 29.6 Å². The Bertz CT molecular complexity index is 863. The number of likely N-dealkylation sites (tertiary alicyclic amines) is 2.